The minimum atomic E-state index is -3.28. The van der Waals surface area contributed by atoms with E-state index in [1.54, 1.807) is 0 Å². The molecule has 0 aliphatic heterocycles. The first-order chi connectivity index (χ1) is 11.7. The Bertz CT molecular complexity index is 497. The van der Waals surface area contributed by atoms with Crippen LogP contribution in [-0.4, -0.2) is 32.0 Å². The molecule has 0 spiro atoms. The zero-order valence-electron chi connectivity index (χ0n) is 18.0. The van der Waals surface area contributed by atoms with Crippen molar-refractivity contribution in [3.63, 3.8) is 0 Å². The van der Waals surface area contributed by atoms with E-state index in [0.29, 0.717) is 16.7 Å². The van der Waals surface area contributed by atoms with Gasteiger partial charge in [0.25, 0.3) is 10.1 Å². The highest BCUT2D eigenvalue weighted by Crippen LogP contribution is 2.39. The quantitative estimate of drug-likeness (QED) is 0.662. The van der Waals surface area contributed by atoms with Gasteiger partial charge in [0, 0.05) is 0 Å². The maximum absolute atomic E-state index is 11.0. The van der Waals surface area contributed by atoms with Crippen molar-refractivity contribution in [3.8, 4) is 0 Å². The summed E-state index contributed by atoms with van der Waals surface area (Å²) in [6, 6.07) is 0. The van der Waals surface area contributed by atoms with Crippen molar-refractivity contribution in [1.82, 2.24) is 0 Å². The van der Waals surface area contributed by atoms with Crippen LogP contribution in [0, 0.1) is 22.7 Å². The molecule has 0 unspecified atom stereocenters. The smallest absolute Gasteiger partial charge is 0.264 e. The number of hydrogen-bond acceptors (Lipinski definition) is 4. The Morgan fingerprint density at radius 3 is 1.38 bits per heavy atom. The molecule has 0 bridgehead atoms. The standard InChI is InChI=1S/C11H22O3S.C10H20O/c1-11(2,3)9-5-7-10(8-6-9)14-15(4,12)13;1-10(2,3)8-4-6-9(11)7-5-8/h9-10H,5-8H2,1-4H3;8-9,11H,4-7H2,1-3H3. The summed E-state index contributed by atoms with van der Waals surface area (Å²) in [4.78, 5) is 0. The van der Waals surface area contributed by atoms with E-state index in [2.05, 4.69) is 41.5 Å². The molecule has 0 radical (unpaired) electrons. The third-order valence-corrected chi connectivity index (χ3v) is 6.75. The van der Waals surface area contributed by atoms with E-state index in [4.69, 9.17) is 4.18 Å². The van der Waals surface area contributed by atoms with Gasteiger partial charge in [0.1, 0.15) is 0 Å². The fourth-order valence-corrected chi connectivity index (χ4v) is 4.90. The van der Waals surface area contributed by atoms with Gasteiger partial charge >= 0.3 is 0 Å². The monoisotopic (exact) mass is 390 g/mol. The largest absolute Gasteiger partial charge is 0.393 e. The molecule has 4 nitrogen and oxygen atoms in total. The normalized spacial score (nSPS) is 31.1. The van der Waals surface area contributed by atoms with E-state index in [1.165, 1.54) is 12.8 Å². The highest BCUT2D eigenvalue weighted by Gasteiger charge is 2.31. The van der Waals surface area contributed by atoms with Crippen LogP contribution in [0.4, 0.5) is 0 Å². The van der Waals surface area contributed by atoms with Crippen LogP contribution in [0.1, 0.15) is 92.9 Å². The fraction of sp³-hybridized carbons (Fsp3) is 1.00. The molecule has 5 heteroatoms. The topological polar surface area (TPSA) is 63.6 Å². The zero-order valence-corrected chi connectivity index (χ0v) is 18.9. The Hall–Kier alpha value is -0.130. The number of aliphatic hydroxyl groups excluding tert-OH is 1. The number of aliphatic hydroxyl groups is 1. The van der Waals surface area contributed by atoms with Crippen LogP contribution in [0.5, 0.6) is 0 Å². The number of hydrogen-bond donors (Lipinski definition) is 1. The van der Waals surface area contributed by atoms with Gasteiger partial charge < -0.3 is 5.11 Å². The molecular weight excluding hydrogens is 348 g/mol. The second kappa shape index (κ2) is 9.38. The fourth-order valence-electron chi connectivity index (χ4n) is 4.21. The molecule has 2 rings (SSSR count). The summed E-state index contributed by atoms with van der Waals surface area (Å²) in [5, 5.41) is 9.29. The first-order valence-corrected chi connectivity index (χ1v) is 12.1. The molecule has 2 aliphatic carbocycles. The Morgan fingerprint density at radius 1 is 0.731 bits per heavy atom. The summed E-state index contributed by atoms with van der Waals surface area (Å²) in [5.74, 6) is 1.52. The van der Waals surface area contributed by atoms with Gasteiger partial charge in [-0.25, -0.2) is 0 Å². The van der Waals surface area contributed by atoms with Gasteiger partial charge in [0.15, 0.2) is 0 Å². The highest BCUT2D eigenvalue weighted by atomic mass is 32.2. The Kier molecular flexibility index (Phi) is 8.62. The zero-order chi connectivity index (χ0) is 20.2. The molecule has 0 atom stereocenters. The summed E-state index contributed by atoms with van der Waals surface area (Å²) in [6.45, 7) is 13.6. The third kappa shape index (κ3) is 9.18. The van der Waals surface area contributed by atoms with Gasteiger partial charge in [-0.05, 0) is 74.0 Å². The van der Waals surface area contributed by atoms with Gasteiger partial charge in [-0.15, -0.1) is 0 Å². The molecule has 26 heavy (non-hydrogen) atoms. The van der Waals surface area contributed by atoms with Gasteiger partial charge in [-0.1, -0.05) is 41.5 Å². The van der Waals surface area contributed by atoms with Gasteiger partial charge in [0.2, 0.25) is 0 Å². The van der Waals surface area contributed by atoms with Crippen molar-refractivity contribution < 1.29 is 17.7 Å². The highest BCUT2D eigenvalue weighted by molar-refractivity contribution is 7.86. The van der Waals surface area contributed by atoms with Crippen LogP contribution >= 0.6 is 0 Å². The molecule has 156 valence electrons. The molecule has 0 saturated heterocycles. The minimum absolute atomic E-state index is 0.00593. The average Bonchev–Trinajstić information content (AvgIpc) is 2.45. The van der Waals surface area contributed by atoms with E-state index in [1.807, 2.05) is 0 Å². The van der Waals surface area contributed by atoms with Crippen molar-refractivity contribution in [2.75, 3.05) is 6.26 Å². The van der Waals surface area contributed by atoms with Gasteiger partial charge in [-0.3, -0.25) is 4.18 Å². The Morgan fingerprint density at radius 2 is 1.08 bits per heavy atom. The Labute approximate surface area is 162 Å². The molecule has 0 aromatic rings. The first-order valence-electron chi connectivity index (χ1n) is 10.2. The summed E-state index contributed by atoms with van der Waals surface area (Å²) in [6.07, 6.45) is 9.38. The molecule has 2 saturated carbocycles. The van der Waals surface area contributed by atoms with Crippen molar-refractivity contribution in [3.05, 3.63) is 0 Å². The molecular formula is C21H42O4S. The van der Waals surface area contributed by atoms with Crippen molar-refractivity contribution in [2.24, 2.45) is 22.7 Å². The molecule has 1 N–H and O–H groups in total. The van der Waals surface area contributed by atoms with Crippen LogP contribution in [0.15, 0.2) is 0 Å². The second-order valence-corrected chi connectivity index (χ2v) is 12.1. The maximum Gasteiger partial charge on any atom is 0.264 e. The van der Waals surface area contributed by atoms with Crippen LogP contribution in [0.25, 0.3) is 0 Å². The average molecular weight is 391 g/mol. The second-order valence-electron chi connectivity index (χ2n) is 10.5. The predicted octanol–water partition coefficient (Wildman–Crippen LogP) is 5.15. The lowest BCUT2D eigenvalue weighted by atomic mass is 9.72. The summed E-state index contributed by atoms with van der Waals surface area (Å²) < 4.78 is 26.9. The van der Waals surface area contributed by atoms with E-state index >= 15 is 0 Å². The van der Waals surface area contributed by atoms with Crippen molar-refractivity contribution >= 4 is 10.1 Å². The SMILES string of the molecule is CC(C)(C)C1CCC(O)CC1.CC(C)(C)C1CCC(OS(C)(=O)=O)CC1. The minimum Gasteiger partial charge on any atom is -0.393 e. The van der Waals surface area contributed by atoms with Crippen LogP contribution in [0.2, 0.25) is 0 Å². The van der Waals surface area contributed by atoms with Crippen LogP contribution < -0.4 is 0 Å². The van der Waals surface area contributed by atoms with Crippen LogP contribution in [-0.2, 0) is 14.3 Å². The summed E-state index contributed by atoms with van der Waals surface area (Å²) in [7, 11) is -3.28. The molecule has 2 aliphatic rings. The van der Waals surface area contributed by atoms with Gasteiger partial charge in [-0.2, -0.15) is 8.42 Å². The molecule has 2 fully saturated rings. The molecule has 0 aromatic heterocycles. The molecule has 0 amide bonds. The lowest BCUT2D eigenvalue weighted by molar-refractivity contribution is 0.0725. The first kappa shape index (κ1) is 23.9. The molecule has 0 heterocycles. The lowest BCUT2D eigenvalue weighted by Crippen LogP contribution is -2.30. The van der Waals surface area contributed by atoms with Crippen molar-refractivity contribution in [2.45, 2.75) is 105 Å². The van der Waals surface area contributed by atoms with E-state index in [-0.39, 0.29) is 12.2 Å². The lowest BCUT2D eigenvalue weighted by Gasteiger charge is -2.36. The predicted molar refractivity (Wildman–Crippen MR) is 109 cm³/mol. The molecule has 0 aromatic carbocycles. The van der Waals surface area contributed by atoms with Crippen molar-refractivity contribution in [1.29, 1.82) is 0 Å². The summed E-state index contributed by atoms with van der Waals surface area (Å²) >= 11 is 0. The van der Waals surface area contributed by atoms with Crippen LogP contribution in [0.3, 0.4) is 0 Å². The Balaban J connectivity index is 0.000000273. The maximum atomic E-state index is 11.0. The van der Waals surface area contributed by atoms with Gasteiger partial charge in [0.05, 0.1) is 18.5 Å². The van der Waals surface area contributed by atoms with E-state index in [0.717, 1.165) is 50.7 Å². The number of rotatable bonds is 2. The van der Waals surface area contributed by atoms with E-state index in [9.17, 15) is 13.5 Å². The third-order valence-electron chi connectivity index (χ3n) is 6.13. The van der Waals surface area contributed by atoms with E-state index < -0.39 is 10.1 Å². The summed E-state index contributed by atoms with van der Waals surface area (Å²) in [5.41, 5.74) is 0.774.